The Labute approximate surface area is 63.0 Å². The van der Waals surface area contributed by atoms with Crippen LogP contribution in [0.3, 0.4) is 0 Å². The number of carbonyl (C=O) groups is 1. The molecule has 0 fully saturated rings. The van der Waals surface area contributed by atoms with E-state index in [4.69, 9.17) is 26.9 Å². The molecular formula is C5H9ClO4. The van der Waals surface area contributed by atoms with E-state index < -0.39 is 24.6 Å². The van der Waals surface area contributed by atoms with Crippen molar-refractivity contribution >= 4 is 17.4 Å². The smallest absolute Gasteiger partial charge is 0.189 e. The van der Waals surface area contributed by atoms with Crippen LogP contribution in [0.5, 0.6) is 0 Å². The summed E-state index contributed by atoms with van der Waals surface area (Å²) in [5.41, 5.74) is 0. The fourth-order valence-corrected chi connectivity index (χ4v) is 0.561. The molecule has 0 aliphatic carbocycles. The van der Waals surface area contributed by atoms with E-state index in [0.29, 0.717) is 0 Å². The minimum absolute atomic E-state index is 0.229. The lowest BCUT2D eigenvalue weighted by molar-refractivity contribution is -0.134. The van der Waals surface area contributed by atoms with Gasteiger partial charge in [0.05, 0.1) is 5.88 Å². The monoisotopic (exact) mass is 168 g/mol. The van der Waals surface area contributed by atoms with Gasteiger partial charge < -0.3 is 15.3 Å². The van der Waals surface area contributed by atoms with Crippen molar-refractivity contribution in [3.63, 3.8) is 0 Å². The summed E-state index contributed by atoms with van der Waals surface area (Å²) in [5.74, 6) is -1.06. The lowest BCUT2D eigenvalue weighted by Crippen LogP contribution is -2.36. The summed E-state index contributed by atoms with van der Waals surface area (Å²) in [4.78, 5) is 10.4. The highest BCUT2D eigenvalue weighted by Gasteiger charge is 2.21. The Balaban J connectivity index is 3.81. The van der Waals surface area contributed by atoms with Gasteiger partial charge in [-0.2, -0.15) is 0 Å². The van der Waals surface area contributed by atoms with Crippen LogP contribution in [0, 0.1) is 0 Å². The van der Waals surface area contributed by atoms with Crippen LogP contribution in [0.4, 0.5) is 0 Å². The summed E-state index contributed by atoms with van der Waals surface area (Å²) < 4.78 is 0. The second-order valence-corrected chi connectivity index (χ2v) is 2.10. The third kappa shape index (κ3) is 2.62. The van der Waals surface area contributed by atoms with Crippen LogP contribution in [-0.4, -0.2) is 45.8 Å². The fraction of sp³-hybridized carbons (Fsp3) is 0.800. The topological polar surface area (TPSA) is 77.8 Å². The number of ketones is 1. The predicted molar refractivity (Wildman–Crippen MR) is 34.8 cm³/mol. The SMILES string of the molecule is O=C(CO)[C@@H](O)[C@@H](O)CCl. The molecule has 2 atom stereocenters. The van der Waals surface area contributed by atoms with Crippen molar-refractivity contribution in [3.8, 4) is 0 Å². The first kappa shape index (κ1) is 9.84. The maximum absolute atomic E-state index is 10.4. The zero-order valence-electron chi connectivity index (χ0n) is 5.20. The van der Waals surface area contributed by atoms with Crippen LogP contribution < -0.4 is 0 Å². The Hall–Kier alpha value is -0.160. The molecule has 0 aliphatic heterocycles. The number of alkyl halides is 1. The van der Waals surface area contributed by atoms with Gasteiger partial charge in [-0.25, -0.2) is 0 Å². The highest BCUT2D eigenvalue weighted by Crippen LogP contribution is 1.96. The molecule has 0 bridgehead atoms. The van der Waals surface area contributed by atoms with Crippen molar-refractivity contribution in [1.29, 1.82) is 0 Å². The van der Waals surface area contributed by atoms with Gasteiger partial charge >= 0.3 is 0 Å². The van der Waals surface area contributed by atoms with Gasteiger partial charge in [0.2, 0.25) is 0 Å². The molecule has 4 nitrogen and oxygen atoms in total. The Morgan fingerprint density at radius 1 is 1.50 bits per heavy atom. The van der Waals surface area contributed by atoms with E-state index in [-0.39, 0.29) is 5.88 Å². The van der Waals surface area contributed by atoms with E-state index in [9.17, 15) is 4.79 Å². The molecule has 3 N–H and O–H groups in total. The molecule has 0 aliphatic rings. The largest absolute Gasteiger partial charge is 0.389 e. The molecule has 0 spiro atoms. The van der Waals surface area contributed by atoms with Crippen molar-refractivity contribution < 1.29 is 20.1 Å². The summed E-state index contributed by atoms with van der Waals surface area (Å²) >= 11 is 5.10. The number of halogens is 1. The van der Waals surface area contributed by atoms with Gasteiger partial charge in [-0.1, -0.05) is 0 Å². The first-order valence-electron chi connectivity index (χ1n) is 2.69. The molecule has 5 heteroatoms. The van der Waals surface area contributed by atoms with E-state index in [1.165, 1.54) is 0 Å². The number of hydrogen-bond acceptors (Lipinski definition) is 4. The Morgan fingerprint density at radius 2 is 2.00 bits per heavy atom. The van der Waals surface area contributed by atoms with Gasteiger partial charge in [-0.05, 0) is 0 Å². The summed E-state index contributed by atoms with van der Waals surface area (Å²) in [6, 6.07) is 0. The minimum Gasteiger partial charge on any atom is -0.389 e. The molecule has 10 heavy (non-hydrogen) atoms. The van der Waals surface area contributed by atoms with Gasteiger partial charge in [0.25, 0.3) is 0 Å². The van der Waals surface area contributed by atoms with E-state index in [2.05, 4.69) is 0 Å². The highest BCUT2D eigenvalue weighted by molar-refractivity contribution is 6.18. The van der Waals surface area contributed by atoms with Crippen molar-refractivity contribution in [3.05, 3.63) is 0 Å². The molecule has 0 rings (SSSR count). The highest BCUT2D eigenvalue weighted by atomic mass is 35.5. The third-order valence-corrected chi connectivity index (χ3v) is 1.32. The number of hydrogen-bond donors (Lipinski definition) is 3. The molecular weight excluding hydrogens is 160 g/mol. The zero-order chi connectivity index (χ0) is 8.15. The van der Waals surface area contributed by atoms with E-state index in [1.54, 1.807) is 0 Å². The summed E-state index contributed by atoms with van der Waals surface area (Å²) in [6.07, 6.45) is -2.86. The second-order valence-electron chi connectivity index (χ2n) is 1.79. The van der Waals surface area contributed by atoms with Crippen molar-refractivity contribution in [2.45, 2.75) is 12.2 Å². The standard InChI is InChI=1S/C5H9ClO4/c6-1-3(8)5(10)4(9)2-7/h3,5,7-8,10H,1-2H2/t3-,5-/m0/s1. The minimum atomic E-state index is -1.57. The van der Waals surface area contributed by atoms with Crippen LogP contribution in [-0.2, 0) is 4.79 Å². The number of aliphatic hydroxyl groups is 3. The molecule has 0 saturated carbocycles. The Kier molecular flexibility index (Phi) is 4.55. The molecule has 0 saturated heterocycles. The Bertz CT molecular complexity index is 116. The number of aliphatic hydroxyl groups excluding tert-OH is 3. The van der Waals surface area contributed by atoms with Crippen LogP contribution >= 0.6 is 11.6 Å². The van der Waals surface area contributed by atoms with Gasteiger partial charge in [-0.15, -0.1) is 11.6 Å². The van der Waals surface area contributed by atoms with Crippen LogP contribution in [0.15, 0.2) is 0 Å². The third-order valence-electron chi connectivity index (χ3n) is 1.01. The molecule has 0 unspecified atom stereocenters. The lowest BCUT2D eigenvalue weighted by atomic mass is 10.1. The lowest BCUT2D eigenvalue weighted by Gasteiger charge is -2.11. The zero-order valence-corrected chi connectivity index (χ0v) is 5.95. The predicted octanol–water partition coefficient (Wildman–Crippen LogP) is -1.49. The van der Waals surface area contributed by atoms with Gasteiger partial charge in [0.15, 0.2) is 5.78 Å². The van der Waals surface area contributed by atoms with Gasteiger partial charge in [0.1, 0.15) is 18.8 Å². The molecule has 0 heterocycles. The number of carbonyl (C=O) groups excluding carboxylic acids is 1. The maximum atomic E-state index is 10.4. The van der Waals surface area contributed by atoms with Gasteiger partial charge in [0, 0.05) is 0 Å². The fourth-order valence-electron chi connectivity index (χ4n) is 0.392. The molecule has 0 aromatic heterocycles. The van der Waals surface area contributed by atoms with Crippen molar-refractivity contribution in [2.75, 3.05) is 12.5 Å². The summed E-state index contributed by atoms with van der Waals surface area (Å²) in [7, 11) is 0. The molecule has 0 amide bonds. The number of rotatable bonds is 4. The quantitative estimate of drug-likeness (QED) is 0.447. The Morgan fingerprint density at radius 3 is 2.30 bits per heavy atom. The molecule has 60 valence electrons. The van der Waals surface area contributed by atoms with Crippen LogP contribution in [0.1, 0.15) is 0 Å². The van der Waals surface area contributed by atoms with Gasteiger partial charge in [-0.3, -0.25) is 4.79 Å². The van der Waals surface area contributed by atoms with Crippen molar-refractivity contribution in [1.82, 2.24) is 0 Å². The molecule has 0 radical (unpaired) electrons. The average molecular weight is 169 g/mol. The first-order chi connectivity index (χ1) is 4.63. The summed E-state index contributed by atoms with van der Waals surface area (Å²) in [5, 5.41) is 25.6. The van der Waals surface area contributed by atoms with E-state index in [0.717, 1.165) is 0 Å². The second kappa shape index (κ2) is 4.62. The average Bonchev–Trinajstić information content (AvgIpc) is 2.00. The normalized spacial score (nSPS) is 16.4. The van der Waals surface area contributed by atoms with E-state index >= 15 is 0 Å². The van der Waals surface area contributed by atoms with Crippen LogP contribution in [0.2, 0.25) is 0 Å². The number of Topliss-reactive ketones (excluding diaryl/α,β-unsaturated/α-hetero) is 1. The van der Waals surface area contributed by atoms with E-state index in [1.807, 2.05) is 0 Å². The maximum Gasteiger partial charge on any atom is 0.189 e. The molecule has 0 aromatic carbocycles. The first-order valence-corrected chi connectivity index (χ1v) is 3.22. The van der Waals surface area contributed by atoms with Crippen molar-refractivity contribution in [2.24, 2.45) is 0 Å². The van der Waals surface area contributed by atoms with Crippen LogP contribution in [0.25, 0.3) is 0 Å². The summed E-state index contributed by atoms with van der Waals surface area (Å²) in [6.45, 7) is -0.783. The molecule has 0 aromatic rings.